The Labute approximate surface area is 158 Å². The predicted octanol–water partition coefficient (Wildman–Crippen LogP) is 0.746. The first-order valence-electron chi connectivity index (χ1n) is 9.13. The van der Waals surface area contributed by atoms with E-state index >= 15 is 0 Å². The van der Waals surface area contributed by atoms with Crippen LogP contribution in [0.5, 0.6) is 0 Å². The van der Waals surface area contributed by atoms with Gasteiger partial charge in [-0.1, -0.05) is 0 Å². The molecule has 0 saturated carbocycles. The van der Waals surface area contributed by atoms with Gasteiger partial charge in [0.25, 0.3) is 5.91 Å². The lowest BCUT2D eigenvalue weighted by atomic mass is 10.00. The molecule has 3 N–H and O–H groups in total. The van der Waals surface area contributed by atoms with Crippen molar-refractivity contribution in [2.75, 3.05) is 13.1 Å². The first-order valence-corrected chi connectivity index (χ1v) is 9.13. The van der Waals surface area contributed by atoms with Crippen LogP contribution in [0.4, 0.5) is 0 Å². The third kappa shape index (κ3) is 4.51. The lowest BCUT2D eigenvalue weighted by molar-refractivity contribution is -0.134. The number of aryl methyl sites for hydroxylation is 2. The number of pyridine rings is 1. The number of nitrogens with one attached hydrogen (secondary N) is 2. The molecule has 3 heterocycles. The molecule has 0 spiro atoms. The highest BCUT2D eigenvalue weighted by atomic mass is 16.3. The molecule has 8 heteroatoms. The van der Waals surface area contributed by atoms with Crippen LogP contribution >= 0.6 is 0 Å². The van der Waals surface area contributed by atoms with Gasteiger partial charge in [-0.3, -0.25) is 19.7 Å². The van der Waals surface area contributed by atoms with Gasteiger partial charge in [0.2, 0.25) is 5.91 Å². The van der Waals surface area contributed by atoms with Gasteiger partial charge in [-0.15, -0.1) is 0 Å². The second-order valence-corrected chi connectivity index (χ2v) is 6.93. The van der Waals surface area contributed by atoms with Gasteiger partial charge in [0.15, 0.2) is 0 Å². The number of hydrogen-bond donors (Lipinski definition) is 3. The summed E-state index contributed by atoms with van der Waals surface area (Å²) in [6.07, 6.45) is 3.81. The molecule has 2 amide bonds. The van der Waals surface area contributed by atoms with E-state index in [4.69, 9.17) is 0 Å². The number of hydrogen-bond acceptors (Lipinski definition) is 5. The van der Waals surface area contributed by atoms with Gasteiger partial charge >= 0.3 is 0 Å². The average Bonchev–Trinajstić information content (AvgIpc) is 2.99. The standard InChI is InChI=1S/C19H25N5O3/c1-12-15(13(2)23-22-12)5-6-18(26)24-9-7-16(17(25)11-24)21-19(27)14-4-3-8-20-10-14/h3-4,8,10,16-17,25H,5-7,9,11H2,1-2H3,(H,21,27)(H,22,23)/t16-,17-/m1/s1. The number of piperidine rings is 1. The zero-order valence-electron chi connectivity index (χ0n) is 15.6. The van der Waals surface area contributed by atoms with Crippen molar-refractivity contribution < 1.29 is 14.7 Å². The highest BCUT2D eigenvalue weighted by molar-refractivity contribution is 5.94. The largest absolute Gasteiger partial charge is 0.389 e. The van der Waals surface area contributed by atoms with Crippen LogP contribution in [-0.4, -0.2) is 62.2 Å². The SMILES string of the molecule is Cc1n[nH]c(C)c1CCC(=O)N1CC[C@@H](NC(=O)c2cccnc2)[C@H](O)C1. The topological polar surface area (TPSA) is 111 Å². The fourth-order valence-electron chi connectivity index (χ4n) is 3.41. The van der Waals surface area contributed by atoms with Gasteiger partial charge in [-0.05, 0) is 44.4 Å². The molecule has 2 atom stereocenters. The number of rotatable bonds is 5. The molecule has 8 nitrogen and oxygen atoms in total. The van der Waals surface area contributed by atoms with E-state index in [2.05, 4.69) is 20.5 Å². The summed E-state index contributed by atoms with van der Waals surface area (Å²) in [6.45, 7) is 4.60. The molecule has 1 aliphatic heterocycles. The van der Waals surface area contributed by atoms with E-state index in [1.165, 1.54) is 6.20 Å². The van der Waals surface area contributed by atoms with Gasteiger partial charge in [0.05, 0.1) is 23.4 Å². The van der Waals surface area contributed by atoms with Gasteiger partial charge in [0, 0.05) is 37.6 Å². The summed E-state index contributed by atoms with van der Waals surface area (Å²) in [5.41, 5.74) is 3.42. The minimum absolute atomic E-state index is 0.00564. The molecule has 2 aromatic rings. The van der Waals surface area contributed by atoms with Crippen LogP contribution < -0.4 is 5.32 Å². The van der Waals surface area contributed by atoms with Crippen LogP contribution in [-0.2, 0) is 11.2 Å². The highest BCUT2D eigenvalue weighted by Crippen LogP contribution is 2.16. The van der Waals surface area contributed by atoms with Crippen molar-refractivity contribution in [2.24, 2.45) is 0 Å². The number of H-pyrrole nitrogens is 1. The summed E-state index contributed by atoms with van der Waals surface area (Å²) in [6, 6.07) is 2.99. The third-order valence-electron chi connectivity index (χ3n) is 5.04. The molecule has 0 radical (unpaired) electrons. The van der Waals surface area contributed by atoms with Crippen LogP contribution in [0.15, 0.2) is 24.5 Å². The number of nitrogens with zero attached hydrogens (tertiary/aromatic N) is 3. The molecule has 1 saturated heterocycles. The Bertz CT molecular complexity index is 785. The summed E-state index contributed by atoms with van der Waals surface area (Å²) in [5.74, 6) is -0.260. The van der Waals surface area contributed by atoms with Crippen molar-refractivity contribution in [1.82, 2.24) is 25.4 Å². The van der Waals surface area contributed by atoms with Crippen molar-refractivity contribution in [3.05, 3.63) is 47.0 Å². The third-order valence-corrected chi connectivity index (χ3v) is 5.04. The number of aromatic nitrogens is 3. The highest BCUT2D eigenvalue weighted by Gasteiger charge is 2.31. The van der Waals surface area contributed by atoms with Crippen LogP contribution in [0.2, 0.25) is 0 Å². The molecule has 1 aliphatic rings. The summed E-state index contributed by atoms with van der Waals surface area (Å²) >= 11 is 0. The molecule has 0 aliphatic carbocycles. The zero-order chi connectivity index (χ0) is 19.4. The van der Waals surface area contributed by atoms with Crippen molar-refractivity contribution in [3.63, 3.8) is 0 Å². The van der Waals surface area contributed by atoms with Gasteiger partial charge in [0.1, 0.15) is 0 Å². The molecule has 2 aromatic heterocycles. The van der Waals surface area contributed by atoms with E-state index in [0.29, 0.717) is 31.4 Å². The van der Waals surface area contributed by atoms with E-state index in [1.807, 2.05) is 13.8 Å². The first-order chi connectivity index (χ1) is 13.0. The maximum absolute atomic E-state index is 12.5. The van der Waals surface area contributed by atoms with Gasteiger partial charge in [-0.2, -0.15) is 5.10 Å². The molecule has 3 rings (SSSR count). The van der Waals surface area contributed by atoms with E-state index in [9.17, 15) is 14.7 Å². The fourth-order valence-corrected chi connectivity index (χ4v) is 3.41. The Morgan fingerprint density at radius 1 is 1.41 bits per heavy atom. The van der Waals surface area contributed by atoms with Gasteiger partial charge < -0.3 is 15.3 Å². The monoisotopic (exact) mass is 371 g/mol. The number of carbonyl (C=O) groups is 2. The van der Waals surface area contributed by atoms with Crippen LogP contribution in [0.3, 0.4) is 0 Å². The van der Waals surface area contributed by atoms with Crippen molar-refractivity contribution >= 4 is 11.8 Å². The summed E-state index contributed by atoms with van der Waals surface area (Å²) in [5, 5.41) is 20.3. The van der Waals surface area contributed by atoms with Crippen molar-refractivity contribution in [1.29, 1.82) is 0 Å². The average molecular weight is 371 g/mol. The van der Waals surface area contributed by atoms with Gasteiger partial charge in [-0.25, -0.2) is 0 Å². The normalized spacial score (nSPS) is 19.7. The number of aliphatic hydroxyl groups excluding tert-OH is 1. The van der Waals surface area contributed by atoms with Crippen molar-refractivity contribution in [2.45, 2.75) is 45.3 Å². The zero-order valence-corrected chi connectivity index (χ0v) is 15.6. The second kappa shape index (κ2) is 8.30. The Hall–Kier alpha value is -2.74. The molecular weight excluding hydrogens is 346 g/mol. The van der Waals surface area contributed by atoms with E-state index < -0.39 is 6.10 Å². The maximum atomic E-state index is 12.5. The van der Waals surface area contributed by atoms with Crippen LogP contribution in [0, 0.1) is 13.8 Å². The molecule has 0 unspecified atom stereocenters. The van der Waals surface area contributed by atoms with Crippen LogP contribution in [0.1, 0.15) is 40.2 Å². The molecule has 1 fully saturated rings. The maximum Gasteiger partial charge on any atom is 0.253 e. The molecule has 27 heavy (non-hydrogen) atoms. The lowest BCUT2D eigenvalue weighted by Crippen LogP contribution is -2.55. The fraction of sp³-hybridized carbons (Fsp3) is 0.474. The Morgan fingerprint density at radius 2 is 2.22 bits per heavy atom. The summed E-state index contributed by atoms with van der Waals surface area (Å²) in [4.78, 5) is 30.3. The van der Waals surface area contributed by atoms with E-state index in [0.717, 1.165) is 17.0 Å². The molecular formula is C19H25N5O3. The number of carbonyl (C=O) groups excluding carboxylic acids is 2. The predicted molar refractivity (Wildman–Crippen MR) is 99.1 cm³/mol. The smallest absolute Gasteiger partial charge is 0.253 e. The number of aliphatic hydroxyl groups is 1. The minimum Gasteiger partial charge on any atom is -0.389 e. The number of β-amino-alcohol motifs (C(OH)–C–C–N with tert-alkyl or cyclic N) is 1. The molecule has 144 valence electrons. The quantitative estimate of drug-likeness (QED) is 0.718. The number of likely N-dealkylation sites (tertiary alicyclic amines) is 1. The summed E-state index contributed by atoms with van der Waals surface area (Å²) in [7, 11) is 0. The van der Waals surface area contributed by atoms with Crippen molar-refractivity contribution in [3.8, 4) is 0 Å². The first kappa shape index (κ1) is 19.0. The second-order valence-electron chi connectivity index (χ2n) is 6.93. The van der Waals surface area contributed by atoms with Crippen LogP contribution in [0.25, 0.3) is 0 Å². The Kier molecular flexibility index (Phi) is 5.85. The summed E-state index contributed by atoms with van der Waals surface area (Å²) < 4.78 is 0. The lowest BCUT2D eigenvalue weighted by Gasteiger charge is -2.36. The Morgan fingerprint density at radius 3 is 2.85 bits per heavy atom. The minimum atomic E-state index is -0.791. The Balaban J connectivity index is 1.50. The van der Waals surface area contributed by atoms with E-state index in [1.54, 1.807) is 23.2 Å². The molecule has 0 aromatic carbocycles. The van der Waals surface area contributed by atoms with E-state index in [-0.39, 0.29) is 24.4 Å². The number of aromatic amines is 1. The number of amides is 2. The molecule has 0 bridgehead atoms.